The predicted molar refractivity (Wildman–Crippen MR) is 65.8 cm³/mol. The van der Waals surface area contributed by atoms with E-state index in [1.165, 1.54) is 11.1 Å². The molecule has 0 spiro atoms. The molecule has 0 radical (unpaired) electrons. The molecule has 0 N–H and O–H groups in total. The van der Waals surface area contributed by atoms with Crippen molar-refractivity contribution in [3.05, 3.63) is 52.8 Å². The molecule has 0 atom stereocenters. The molecule has 0 unspecified atom stereocenters. The average molecular weight is 222 g/mol. The Hall–Kier alpha value is -2.22. The molecular weight excluding hydrogens is 212 g/mol. The van der Waals surface area contributed by atoms with E-state index in [-0.39, 0.29) is 0 Å². The molecule has 17 heavy (non-hydrogen) atoms. The van der Waals surface area contributed by atoms with E-state index in [9.17, 15) is 0 Å². The van der Waals surface area contributed by atoms with Gasteiger partial charge in [-0.1, -0.05) is 30.4 Å². The highest BCUT2D eigenvalue weighted by molar-refractivity contribution is 5.76. The van der Waals surface area contributed by atoms with Crippen LogP contribution in [0.25, 0.3) is 23.5 Å². The Kier molecular flexibility index (Phi) is 1.64. The second-order valence-corrected chi connectivity index (χ2v) is 4.21. The van der Waals surface area contributed by atoms with Gasteiger partial charge in [-0.05, 0) is 18.6 Å². The summed E-state index contributed by atoms with van der Waals surface area (Å²) >= 11 is 0. The Morgan fingerprint density at radius 2 is 2.00 bits per heavy atom. The minimum Gasteiger partial charge on any atom is -0.460 e. The van der Waals surface area contributed by atoms with E-state index in [0.29, 0.717) is 0 Å². The number of hydrogen-bond acceptors (Lipinski definition) is 2. The number of furan rings is 1. The van der Waals surface area contributed by atoms with Gasteiger partial charge in [0.25, 0.3) is 0 Å². The molecule has 2 heteroatoms. The Morgan fingerprint density at radius 1 is 1.06 bits per heavy atom. The minimum atomic E-state index is 0.827. The van der Waals surface area contributed by atoms with E-state index in [4.69, 9.17) is 9.15 Å². The van der Waals surface area contributed by atoms with Crippen LogP contribution >= 0.6 is 0 Å². The number of ether oxygens (including phenoxy) is 1. The number of hydrogen-bond donors (Lipinski definition) is 0. The maximum absolute atomic E-state index is 5.80. The highest BCUT2D eigenvalue weighted by Gasteiger charge is 2.20. The fourth-order valence-corrected chi connectivity index (χ4v) is 2.45. The van der Waals surface area contributed by atoms with Crippen LogP contribution in [0.5, 0.6) is 5.75 Å². The van der Waals surface area contributed by atoms with Gasteiger partial charge in [-0.25, -0.2) is 0 Å². The maximum atomic E-state index is 5.80. The third-order valence-corrected chi connectivity index (χ3v) is 3.22. The predicted octanol–water partition coefficient (Wildman–Crippen LogP) is 1.97. The van der Waals surface area contributed by atoms with Gasteiger partial charge < -0.3 is 9.15 Å². The molecule has 1 aromatic heterocycles. The van der Waals surface area contributed by atoms with Crippen molar-refractivity contribution in [1.82, 2.24) is 0 Å². The summed E-state index contributed by atoms with van der Waals surface area (Å²) in [4.78, 5) is 0. The minimum absolute atomic E-state index is 0.827. The van der Waals surface area contributed by atoms with Crippen LogP contribution in [-0.2, 0) is 6.42 Å². The lowest BCUT2D eigenvalue weighted by atomic mass is 9.97. The van der Waals surface area contributed by atoms with E-state index in [1.54, 1.807) is 6.26 Å². The van der Waals surface area contributed by atoms with Crippen molar-refractivity contribution in [1.29, 1.82) is 0 Å². The van der Waals surface area contributed by atoms with Gasteiger partial charge in [-0.2, -0.15) is 0 Å². The topological polar surface area (TPSA) is 22.4 Å². The van der Waals surface area contributed by atoms with Crippen LogP contribution in [0.1, 0.15) is 5.56 Å². The Morgan fingerprint density at radius 3 is 3.00 bits per heavy atom. The van der Waals surface area contributed by atoms with Crippen molar-refractivity contribution in [2.75, 3.05) is 0 Å². The number of fused-ring (bicyclic) bond motifs is 5. The van der Waals surface area contributed by atoms with Crippen LogP contribution in [0, 0.1) is 0 Å². The first kappa shape index (κ1) is 8.88. The molecule has 0 fully saturated rings. The van der Waals surface area contributed by atoms with Gasteiger partial charge in [0.1, 0.15) is 17.4 Å². The normalized spacial score (nSPS) is 14.8. The molecule has 0 saturated heterocycles. The molecule has 0 saturated carbocycles. The summed E-state index contributed by atoms with van der Waals surface area (Å²) in [6.45, 7) is 0. The summed E-state index contributed by atoms with van der Waals surface area (Å²) in [6.07, 6.45) is 8.81. The molecule has 82 valence electrons. The zero-order valence-corrected chi connectivity index (χ0v) is 9.14. The van der Waals surface area contributed by atoms with Crippen molar-refractivity contribution in [3.63, 3.8) is 0 Å². The Bertz CT molecular complexity index is 748. The highest BCUT2D eigenvalue weighted by Crippen LogP contribution is 2.32. The average Bonchev–Trinajstić information content (AvgIpc) is 2.77. The molecule has 2 aromatic rings. The SMILES string of the molecule is C1=CCc2c3c(oc2=C1)=COc1ccccc1-3. The lowest BCUT2D eigenvalue weighted by Gasteiger charge is -2.12. The number of para-hydroxylation sites is 1. The Labute approximate surface area is 98.1 Å². The standard InChI is InChI=1S/C15H10O2/c1-3-7-12-10(5-1)15-11-6-2-4-8-13(11)17-14(15)9-16-12/h1-5,7-9H,6H2. The molecule has 0 amide bonds. The van der Waals surface area contributed by atoms with E-state index in [2.05, 4.69) is 12.1 Å². The first-order chi connectivity index (χ1) is 8.43. The van der Waals surface area contributed by atoms with Crippen LogP contribution in [0.4, 0.5) is 0 Å². The number of benzene rings is 1. The third-order valence-electron chi connectivity index (χ3n) is 3.22. The van der Waals surface area contributed by atoms with Gasteiger partial charge in [0.05, 0.1) is 0 Å². The van der Waals surface area contributed by atoms with Crippen molar-refractivity contribution in [2.24, 2.45) is 0 Å². The lowest BCUT2D eigenvalue weighted by Crippen LogP contribution is -2.09. The zero-order valence-electron chi connectivity index (χ0n) is 9.14. The summed E-state index contributed by atoms with van der Waals surface area (Å²) < 4.78 is 11.4. The van der Waals surface area contributed by atoms with Crippen LogP contribution in [0.2, 0.25) is 0 Å². The summed E-state index contributed by atoms with van der Waals surface area (Å²) in [5.74, 6) is 0.901. The molecule has 0 bridgehead atoms. The van der Waals surface area contributed by atoms with Gasteiger partial charge in [0, 0.05) is 16.7 Å². The third kappa shape index (κ3) is 1.15. The molecule has 1 aliphatic heterocycles. The molecule has 2 heterocycles. The molecule has 1 aromatic carbocycles. The second-order valence-electron chi connectivity index (χ2n) is 4.21. The van der Waals surface area contributed by atoms with Crippen LogP contribution in [0.15, 0.2) is 40.8 Å². The van der Waals surface area contributed by atoms with Crippen LogP contribution in [0.3, 0.4) is 0 Å². The molecule has 1 aliphatic carbocycles. The Balaban J connectivity index is 2.14. The number of rotatable bonds is 0. The quantitative estimate of drug-likeness (QED) is 0.680. The second kappa shape index (κ2) is 3.14. The molecule has 2 aliphatic rings. The van der Waals surface area contributed by atoms with Crippen molar-refractivity contribution in [2.45, 2.75) is 6.42 Å². The summed E-state index contributed by atoms with van der Waals surface area (Å²) in [7, 11) is 0. The van der Waals surface area contributed by atoms with Gasteiger partial charge in [-0.3, -0.25) is 0 Å². The van der Waals surface area contributed by atoms with Crippen LogP contribution < -0.4 is 15.6 Å². The maximum Gasteiger partial charge on any atom is 0.170 e. The van der Waals surface area contributed by atoms with E-state index in [0.717, 1.165) is 28.6 Å². The fourth-order valence-electron chi connectivity index (χ4n) is 2.45. The summed E-state index contributed by atoms with van der Waals surface area (Å²) in [6, 6.07) is 8.07. The van der Waals surface area contributed by atoms with Crippen molar-refractivity contribution >= 4 is 12.3 Å². The van der Waals surface area contributed by atoms with E-state index in [1.807, 2.05) is 30.4 Å². The van der Waals surface area contributed by atoms with Crippen molar-refractivity contribution < 1.29 is 9.15 Å². The van der Waals surface area contributed by atoms with E-state index < -0.39 is 0 Å². The molecule has 2 nitrogen and oxygen atoms in total. The lowest BCUT2D eigenvalue weighted by molar-refractivity contribution is 0.463. The number of allylic oxidation sites excluding steroid dienone is 2. The monoisotopic (exact) mass is 222 g/mol. The van der Waals surface area contributed by atoms with Crippen LogP contribution in [-0.4, -0.2) is 0 Å². The zero-order chi connectivity index (χ0) is 11.2. The van der Waals surface area contributed by atoms with Gasteiger partial charge >= 0.3 is 0 Å². The van der Waals surface area contributed by atoms with Gasteiger partial charge in [0.15, 0.2) is 5.42 Å². The summed E-state index contributed by atoms with van der Waals surface area (Å²) in [5, 5.41) is 0. The van der Waals surface area contributed by atoms with E-state index >= 15 is 0 Å². The first-order valence-corrected chi connectivity index (χ1v) is 5.68. The molecular formula is C15H10O2. The fraction of sp³-hybridized carbons (Fsp3) is 0.0667. The highest BCUT2D eigenvalue weighted by atomic mass is 16.5. The van der Waals surface area contributed by atoms with Crippen molar-refractivity contribution in [3.8, 4) is 16.9 Å². The first-order valence-electron chi connectivity index (χ1n) is 5.68. The van der Waals surface area contributed by atoms with Gasteiger partial charge in [0.2, 0.25) is 0 Å². The molecule has 4 rings (SSSR count). The largest absolute Gasteiger partial charge is 0.460 e. The summed E-state index contributed by atoms with van der Waals surface area (Å²) in [5.41, 5.74) is 5.35. The van der Waals surface area contributed by atoms with Gasteiger partial charge in [-0.15, -0.1) is 0 Å². The smallest absolute Gasteiger partial charge is 0.170 e.